The molecule has 3 amide bonds. The Bertz CT molecular complexity index is 498. The number of piperidine rings is 1. The number of carbonyl (C=O) groups excluding carboxylic acids is 3. The van der Waals surface area contributed by atoms with Crippen molar-refractivity contribution in [2.24, 2.45) is 11.8 Å². The average Bonchev–Trinajstić information content (AvgIpc) is 3.46. The van der Waals surface area contributed by atoms with Crippen LogP contribution >= 0.6 is 0 Å². The number of piperazine rings is 1. The monoisotopic (exact) mass is 337 g/mol. The minimum atomic E-state index is -0.0809. The van der Waals surface area contributed by atoms with Crippen LogP contribution in [0.1, 0.15) is 25.7 Å². The van der Waals surface area contributed by atoms with E-state index in [9.17, 15) is 14.4 Å². The second-order valence-electron chi connectivity index (χ2n) is 7.04. The SMILES string of the molecule is COCC(=O)N1CCN(C(=O)C2CCCN(C(=O)C3CC3)C2)CC1. The van der Waals surface area contributed by atoms with Crippen LogP contribution in [0.25, 0.3) is 0 Å². The predicted octanol–water partition coefficient (Wildman–Crippen LogP) is -0.0478. The summed E-state index contributed by atoms with van der Waals surface area (Å²) in [6.45, 7) is 3.71. The van der Waals surface area contributed by atoms with Crippen LogP contribution in [-0.4, -0.2) is 85.4 Å². The van der Waals surface area contributed by atoms with Gasteiger partial charge in [0.25, 0.3) is 0 Å². The zero-order chi connectivity index (χ0) is 17.1. The zero-order valence-corrected chi connectivity index (χ0v) is 14.4. The van der Waals surface area contributed by atoms with Crippen molar-refractivity contribution in [2.45, 2.75) is 25.7 Å². The van der Waals surface area contributed by atoms with E-state index in [0.717, 1.165) is 32.2 Å². The van der Waals surface area contributed by atoms with E-state index in [0.29, 0.717) is 32.7 Å². The van der Waals surface area contributed by atoms with Crippen molar-refractivity contribution < 1.29 is 19.1 Å². The normalized spacial score (nSPS) is 24.9. The third-order valence-electron chi connectivity index (χ3n) is 5.22. The van der Waals surface area contributed by atoms with Crippen LogP contribution in [0.4, 0.5) is 0 Å². The van der Waals surface area contributed by atoms with E-state index >= 15 is 0 Å². The van der Waals surface area contributed by atoms with Gasteiger partial charge in [-0.2, -0.15) is 0 Å². The van der Waals surface area contributed by atoms with Crippen molar-refractivity contribution in [3.05, 3.63) is 0 Å². The summed E-state index contributed by atoms with van der Waals surface area (Å²) in [5.74, 6) is 0.491. The molecule has 1 saturated carbocycles. The van der Waals surface area contributed by atoms with Crippen LogP contribution in [0.15, 0.2) is 0 Å². The molecule has 1 aliphatic carbocycles. The van der Waals surface area contributed by atoms with Gasteiger partial charge in [-0.3, -0.25) is 14.4 Å². The summed E-state index contributed by atoms with van der Waals surface area (Å²) in [5.41, 5.74) is 0. The number of carbonyl (C=O) groups is 3. The fourth-order valence-electron chi connectivity index (χ4n) is 3.62. The highest BCUT2D eigenvalue weighted by atomic mass is 16.5. The molecule has 24 heavy (non-hydrogen) atoms. The first-order chi connectivity index (χ1) is 11.6. The van der Waals surface area contributed by atoms with E-state index in [2.05, 4.69) is 0 Å². The first-order valence-electron chi connectivity index (χ1n) is 8.94. The smallest absolute Gasteiger partial charge is 0.248 e. The Morgan fingerprint density at radius 3 is 2.08 bits per heavy atom. The highest BCUT2D eigenvalue weighted by molar-refractivity contribution is 5.84. The van der Waals surface area contributed by atoms with Crippen LogP contribution < -0.4 is 0 Å². The highest BCUT2D eigenvalue weighted by Crippen LogP contribution is 2.32. The Kier molecular flexibility index (Phi) is 5.38. The average molecular weight is 337 g/mol. The van der Waals surface area contributed by atoms with Gasteiger partial charge in [-0.05, 0) is 25.7 Å². The summed E-state index contributed by atoms with van der Waals surface area (Å²) in [5, 5.41) is 0. The maximum Gasteiger partial charge on any atom is 0.248 e. The highest BCUT2D eigenvalue weighted by Gasteiger charge is 2.38. The van der Waals surface area contributed by atoms with E-state index in [1.54, 1.807) is 4.90 Å². The van der Waals surface area contributed by atoms with Gasteiger partial charge in [-0.1, -0.05) is 0 Å². The van der Waals surface area contributed by atoms with Gasteiger partial charge in [-0.15, -0.1) is 0 Å². The summed E-state index contributed by atoms with van der Waals surface area (Å²) in [6.07, 6.45) is 3.77. The van der Waals surface area contributed by atoms with Gasteiger partial charge in [0.2, 0.25) is 17.7 Å². The molecule has 1 unspecified atom stereocenters. The van der Waals surface area contributed by atoms with Gasteiger partial charge in [0.15, 0.2) is 0 Å². The molecule has 134 valence electrons. The van der Waals surface area contributed by atoms with E-state index in [1.807, 2.05) is 9.80 Å². The Morgan fingerprint density at radius 1 is 0.833 bits per heavy atom. The minimum absolute atomic E-state index is 0.0246. The molecule has 1 atom stereocenters. The van der Waals surface area contributed by atoms with E-state index in [-0.39, 0.29) is 36.2 Å². The number of hydrogen-bond acceptors (Lipinski definition) is 4. The Morgan fingerprint density at radius 2 is 1.46 bits per heavy atom. The Hall–Kier alpha value is -1.63. The van der Waals surface area contributed by atoms with Gasteiger partial charge >= 0.3 is 0 Å². The van der Waals surface area contributed by atoms with Crippen molar-refractivity contribution in [2.75, 3.05) is 53.0 Å². The number of methoxy groups -OCH3 is 1. The molecule has 0 spiro atoms. The molecule has 0 aromatic heterocycles. The topological polar surface area (TPSA) is 70.2 Å². The number of amides is 3. The van der Waals surface area contributed by atoms with Crippen LogP contribution in [0, 0.1) is 11.8 Å². The summed E-state index contributed by atoms with van der Waals surface area (Å²) in [6, 6.07) is 0. The van der Waals surface area contributed by atoms with Gasteiger partial charge in [-0.25, -0.2) is 0 Å². The van der Waals surface area contributed by atoms with Crippen molar-refractivity contribution in [3.8, 4) is 0 Å². The van der Waals surface area contributed by atoms with Gasteiger partial charge < -0.3 is 19.4 Å². The molecular formula is C17H27N3O4. The molecule has 2 heterocycles. The summed E-state index contributed by atoms with van der Waals surface area (Å²) in [7, 11) is 1.51. The molecule has 0 aromatic carbocycles. The minimum Gasteiger partial charge on any atom is -0.375 e. The van der Waals surface area contributed by atoms with Crippen molar-refractivity contribution in [1.82, 2.24) is 14.7 Å². The predicted molar refractivity (Wildman–Crippen MR) is 87.1 cm³/mol. The molecule has 0 bridgehead atoms. The maximum atomic E-state index is 12.8. The second kappa shape index (κ2) is 7.51. The van der Waals surface area contributed by atoms with Gasteiger partial charge in [0.05, 0.1) is 5.92 Å². The van der Waals surface area contributed by atoms with Gasteiger partial charge in [0.1, 0.15) is 6.61 Å². The number of rotatable bonds is 4. The Labute approximate surface area is 142 Å². The molecule has 3 rings (SSSR count). The van der Waals surface area contributed by atoms with E-state index < -0.39 is 0 Å². The molecule has 0 radical (unpaired) electrons. The Balaban J connectivity index is 1.49. The van der Waals surface area contributed by atoms with E-state index in [1.165, 1.54) is 7.11 Å². The summed E-state index contributed by atoms with van der Waals surface area (Å²) in [4.78, 5) is 42.3. The maximum absolute atomic E-state index is 12.8. The molecule has 2 aliphatic heterocycles. The molecular weight excluding hydrogens is 310 g/mol. The second-order valence-corrected chi connectivity index (χ2v) is 7.04. The van der Waals surface area contributed by atoms with Crippen molar-refractivity contribution in [1.29, 1.82) is 0 Å². The molecule has 7 heteroatoms. The quantitative estimate of drug-likeness (QED) is 0.721. The number of hydrogen-bond donors (Lipinski definition) is 0. The first kappa shape index (κ1) is 17.2. The lowest BCUT2D eigenvalue weighted by Gasteiger charge is -2.39. The standard InChI is InChI=1S/C17H27N3O4/c1-24-12-15(21)18-7-9-19(10-8-18)17(23)14-3-2-6-20(11-14)16(22)13-4-5-13/h13-14H,2-12H2,1H3. The van der Waals surface area contributed by atoms with Gasteiger partial charge in [0, 0.05) is 52.3 Å². The fraction of sp³-hybridized carbons (Fsp3) is 0.824. The first-order valence-corrected chi connectivity index (χ1v) is 8.94. The van der Waals surface area contributed by atoms with Crippen LogP contribution in [0.5, 0.6) is 0 Å². The number of likely N-dealkylation sites (tertiary alicyclic amines) is 1. The van der Waals surface area contributed by atoms with Crippen molar-refractivity contribution in [3.63, 3.8) is 0 Å². The molecule has 0 N–H and O–H groups in total. The summed E-state index contributed by atoms with van der Waals surface area (Å²) >= 11 is 0. The lowest BCUT2D eigenvalue weighted by Crippen LogP contribution is -2.54. The number of ether oxygens (including phenoxy) is 1. The number of nitrogens with zero attached hydrogens (tertiary/aromatic N) is 3. The molecule has 2 saturated heterocycles. The third kappa shape index (κ3) is 3.88. The van der Waals surface area contributed by atoms with Crippen LogP contribution in [0.3, 0.4) is 0 Å². The lowest BCUT2D eigenvalue weighted by atomic mass is 9.95. The molecule has 0 aromatic rings. The lowest BCUT2D eigenvalue weighted by molar-refractivity contribution is -0.146. The van der Waals surface area contributed by atoms with Crippen LogP contribution in [0.2, 0.25) is 0 Å². The van der Waals surface area contributed by atoms with E-state index in [4.69, 9.17) is 4.74 Å². The molecule has 3 aliphatic rings. The fourth-order valence-corrected chi connectivity index (χ4v) is 3.62. The largest absolute Gasteiger partial charge is 0.375 e. The van der Waals surface area contributed by atoms with Crippen LogP contribution in [-0.2, 0) is 19.1 Å². The van der Waals surface area contributed by atoms with Crippen molar-refractivity contribution >= 4 is 17.7 Å². The third-order valence-corrected chi connectivity index (χ3v) is 5.22. The molecule has 7 nitrogen and oxygen atoms in total. The zero-order valence-electron chi connectivity index (χ0n) is 14.4. The summed E-state index contributed by atoms with van der Waals surface area (Å²) < 4.78 is 4.88. The molecule has 3 fully saturated rings.